The quantitative estimate of drug-likeness (QED) is 0.867. The Labute approximate surface area is 104 Å². The van der Waals surface area contributed by atoms with Gasteiger partial charge in [0.25, 0.3) is 0 Å². The van der Waals surface area contributed by atoms with E-state index in [9.17, 15) is 0 Å². The van der Waals surface area contributed by atoms with Gasteiger partial charge in [0.15, 0.2) is 0 Å². The van der Waals surface area contributed by atoms with Crippen LogP contribution in [-0.2, 0) is 17.8 Å². The lowest BCUT2D eigenvalue weighted by molar-refractivity contribution is 0.0138. The first-order chi connectivity index (χ1) is 8.28. The zero-order valence-corrected chi connectivity index (χ0v) is 10.7. The molecule has 1 saturated carbocycles. The van der Waals surface area contributed by atoms with Gasteiger partial charge < -0.3 is 10.5 Å². The van der Waals surface area contributed by atoms with Gasteiger partial charge in [0.05, 0.1) is 12.7 Å². The van der Waals surface area contributed by atoms with Crippen LogP contribution in [0.1, 0.15) is 43.7 Å². The molecular formula is C15H23NO. The fourth-order valence-electron chi connectivity index (χ4n) is 2.34. The summed E-state index contributed by atoms with van der Waals surface area (Å²) in [4.78, 5) is 0. The molecule has 2 heteroatoms. The number of benzene rings is 1. The first-order valence-electron chi connectivity index (χ1n) is 6.73. The summed E-state index contributed by atoms with van der Waals surface area (Å²) in [5.41, 5.74) is 8.54. The summed E-state index contributed by atoms with van der Waals surface area (Å²) in [5, 5.41) is 0. The summed E-state index contributed by atoms with van der Waals surface area (Å²) in [6, 6.07) is 9.13. The van der Waals surface area contributed by atoms with E-state index in [1.807, 2.05) is 0 Å². The zero-order valence-electron chi connectivity index (χ0n) is 10.7. The molecule has 1 aliphatic carbocycles. The maximum Gasteiger partial charge on any atom is 0.0720 e. The van der Waals surface area contributed by atoms with Crippen molar-refractivity contribution in [2.75, 3.05) is 0 Å². The number of hydrogen-bond donors (Lipinski definition) is 1. The van der Waals surface area contributed by atoms with Crippen LogP contribution in [0.2, 0.25) is 0 Å². The van der Waals surface area contributed by atoms with E-state index in [-0.39, 0.29) is 0 Å². The topological polar surface area (TPSA) is 35.2 Å². The van der Waals surface area contributed by atoms with Gasteiger partial charge in [-0.1, -0.05) is 31.2 Å². The molecule has 17 heavy (non-hydrogen) atoms. The highest BCUT2D eigenvalue weighted by Gasteiger charge is 2.18. The predicted octanol–water partition coefficient (Wildman–Crippen LogP) is 3.04. The molecular weight excluding hydrogens is 210 g/mol. The number of aryl methyl sites for hydroxylation is 1. The van der Waals surface area contributed by atoms with Crippen LogP contribution in [-0.4, -0.2) is 12.1 Å². The fraction of sp³-hybridized carbons (Fsp3) is 0.600. The van der Waals surface area contributed by atoms with E-state index < -0.39 is 0 Å². The van der Waals surface area contributed by atoms with Gasteiger partial charge in [0, 0.05) is 6.04 Å². The van der Waals surface area contributed by atoms with E-state index in [2.05, 4.69) is 31.2 Å². The van der Waals surface area contributed by atoms with Crippen molar-refractivity contribution in [3.63, 3.8) is 0 Å². The average molecular weight is 233 g/mol. The van der Waals surface area contributed by atoms with Crippen molar-refractivity contribution in [2.45, 2.75) is 57.8 Å². The smallest absolute Gasteiger partial charge is 0.0720 e. The average Bonchev–Trinajstić information content (AvgIpc) is 2.39. The lowest BCUT2D eigenvalue weighted by atomic mass is 9.94. The van der Waals surface area contributed by atoms with Crippen LogP contribution in [0, 0.1) is 0 Å². The van der Waals surface area contributed by atoms with Crippen LogP contribution < -0.4 is 5.73 Å². The minimum Gasteiger partial charge on any atom is -0.374 e. The Morgan fingerprint density at radius 1 is 1.06 bits per heavy atom. The highest BCUT2D eigenvalue weighted by atomic mass is 16.5. The van der Waals surface area contributed by atoms with E-state index in [1.54, 1.807) is 0 Å². The first-order valence-corrected chi connectivity index (χ1v) is 6.73. The fourth-order valence-corrected chi connectivity index (χ4v) is 2.34. The van der Waals surface area contributed by atoms with Crippen LogP contribution in [0.5, 0.6) is 0 Å². The van der Waals surface area contributed by atoms with E-state index in [4.69, 9.17) is 10.5 Å². The minimum atomic E-state index is 0.402. The van der Waals surface area contributed by atoms with Gasteiger partial charge in [0.2, 0.25) is 0 Å². The molecule has 0 amide bonds. The molecule has 1 aromatic carbocycles. The zero-order chi connectivity index (χ0) is 12.1. The van der Waals surface area contributed by atoms with Gasteiger partial charge in [-0.25, -0.2) is 0 Å². The Hall–Kier alpha value is -0.860. The number of nitrogens with two attached hydrogens (primary N) is 1. The van der Waals surface area contributed by atoms with E-state index >= 15 is 0 Å². The Balaban J connectivity index is 1.77. The molecule has 2 rings (SSSR count). The molecule has 1 aromatic rings. The SMILES string of the molecule is CCc1ccc(COC2CCC(N)CC2)cc1. The Kier molecular flexibility index (Phi) is 4.57. The summed E-state index contributed by atoms with van der Waals surface area (Å²) in [7, 11) is 0. The van der Waals surface area contributed by atoms with Gasteiger partial charge in [-0.3, -0.25) is 0 Å². The largest absolute Gasteiger partial charge is 0.374 e. The molecule has 0 radical (unpaired) electrons. The molecule has 0 atom stereocenters. The molecule has 0 aliphatic heterocycles. The molecule has 2 N–H and O–H groups in total. The highest BCUT2D eigenvalue weighted by Crippen LogP contribution is 2.21. The van der Waals surface area contributed by atoms with Gasteiger partial charge in [0.1, 0.15) is 0 Å². The maximum atomic E-state index is 5.94. The Bertz CT molecular complexity index is 325. The van der Waals surface area contributed by atoms with Crippen molar-refractivity contribution < 1.29 is 4.74 Å². The summed E-state index contributed by atoms with van der Waals surface area (Å²) in [6.45, 7) is 2.92. The van der Waals surface area contributed by atoms with Gasteiger partial charge in [-0.15, -0.1) is 0 Å². The molecule has 1 fully saturated rings. The second-order valence-corrected chi connectivity index (χ2v) is 5.02. The summed E-state index contributed by atoms with van der Waals surface area (Å²) >= 11 is 0. The van der Waals surface area contributed by atoms with Crippen molar-refractivity contribution >= 4 is 0 Å². The molecule has 0 heterocycles. The maximum absolute atomic E-state index is 5.94. The van der Waals surface area contributed by atoms with Gasteiger partial charge in [-0.2, -0.15) is 0 Å². The summed E-state index contributed by atoms with van der Waals surface area (Å²) < 4.78 is 5.94. The second kappa shape index (κ2) is 6.18. The lowest BCUT2D eigenvalue weighted by Crippen LogP contribution is -2.30. The third kappa shape index (κ3) is 3.83. The molecule has 1 aliphatic rings. The highest BCUT2D eigenvalue weighted by molar-refractivity contribution is 5.21. The van der Waals surface area contributed by atoms with Crippen LogP contribution in [0.4, 0.5) is 0 Å². The van der Waals surface area contributed by atoms with Crippen molar-refractivity contribution in [3.8, 4) is 0 Å². The van der Waals surface area contributed by atoms with Crippen LogP contribution >= 0.6 is 0 Å². The molecule has 2 nitrogen and oxygen atoms in total. The van der Waals surface area contributed by atoms with E-state index in [0.29, 0.717) is 12.1 Å². The van der Waals surface area contributed by atoms with E-state index in [1.165, 1.54) is 11.1 Å². The molecule has 0 aromatic heterocycles. The van der Waals surface area contributed by atoms with Gasteiger partial charge in [-0.05, 0) is 43.2 Å². The third-order valence-corrected chi connectivity index (χ3v) is 3.64. The number of hydrogen-bond acceptors (Lipinski definition) is 2. The monoisotopic (exact) mass is 233 g/mol. The molecule has 0 saturated heterocycles. The molecule has 0 bridgehead atoms. The van der Waals surface area contributed by atoms with Crippen molar-refractivity contribution in [1.29, 1.82) is 0 Å². The molecule has 0 spiro atoms. The first kappa shape index (κ1) is 12.6. The normalized spacial score (nSPS) is 24.8. The predicted molar refractivity (Wildman–Crippen MR) is 70.8 cm³/mol. The van der Waals surface area contributed by atoms with Gasteiger partial charge >= 0.3 is 0 Å². The third-order valence-electron chi connectivity index (χ3n) is 3.64. The summed E-state index contributed by atoms with van der Waals surface area (Å²) in [6.07, 6.45) is 5.98. The van der Waals surface area contributed by atoms with E-state index in [0.717, 1.165) is 38.7 Å². The second-order valence-electron chi connectivity index (χ2n) is 5.02. The van der Waals surface area contributed by atoms with Crippen LogP contribution in [0.15, 0.2) is 24.3 Å². The number of ether oxygens (including phenoxy) is 1. The Morgan fingerprint density at radius 3 is 2.24 bits per heavy atom. The lowest BCUT2D eigenvalue weighted by Gasteiger charge is -2.26. The Morgan fingerprint density at radius 2 is 1.65 bits per heavy atom. The molecule has 94 valence electrons. The molecule has 0 unspecified atom stereocenters. The van der Waals surface area contributed by atoms with Crippen molar-refractivity contribution in [2.24, 2.45) is 5.73 Å². The van der Waals surface area contributed by atoms with Crippen molar-refractivity contribution in [3.05, 3.63) is 35.4 Å². The standard InChI is InChI=1S/C15H23NO/c1-2-12-3-5-13(6-4-12)11-17-15-9-7-14(16)8-10-15/h3-6,14-15H,2,7-11,16H2,1H3. The van der Waals surface area contributed by atoms with Crippen LogP contribution in [0.25, 0.3) is 0 Å². The minimum absolute atomic E-state index is 0.402. The summed E-state index contributed by atoms with van der Waals surface area (Å²) in [5.74, 6) is 0. The van der Waals surface area contributed by atoms with Crippen molar-refractivity contribution in [1.82, 2.24) is 0 Å². The number of rotatable bonds is 4. The van der Waals surface area contributed by atoms with Crippen LogP contribution in [0.3, 0.4) is 0 Å².